The fourth-order valence-corrected chi connectivity index (χ4v) is 3.97. The highest BCUT2D eigenvalue weighted by Crippen LogP contribution is 2.24. The predicted octanol–water partition coefficient (Wildman–Crippen LogP) is 2.39. The molecule has 0 N–H and O–H groups in total. The van der Waals surface area contributed by atoms with Crippen LogP contribution in [0.4, 0.5) is 5.95 Å². The van der Waals surface area contributed by atoms with Gasteiger partial charge in [-0.15, -0.1) is 0 Å². The van der Waals surface area contributed by atoms with E-state index in [1.54, 1.807) is 17.9 Å². The molecule has 8 nitrogen and oxygen atoms in total. The smallest absolute Gasteiger partial charge is 0.274 e. The Balaban J connectivity index is 1.52. The van der Waals surface area contributed by atoms with Crippen LogP contribution in [0.1, 0.15) is 11.3 Å². The minimum Gasteiger partial charge on any atom is -0.378 e. The zero-order chi connectivity index (χ0) is 21.4. The number of anilines is 1. The first-order valence-corrected chi connectivity index (χ1v) is 10.4. The van der Waals surface area contributed by atoms with Gasteiger partial charge in [0.25, 0.3) is 5.56 Å². The van der Waals surface area contributed by atoms with E-state index in [4.69, 9.17) is 4.74 Å². The molecule has 0 bridgehead atoms. The number of pyridine rings is 1. The monoisotopic (exact) mass is 416 g/mol. The summed E-state index contributed by atoms with van der Waals surface area (Å²) in [5.41, 5.74) is 4.77. The first kappa shape index (κ1) is 19.4. The third-order valence-corrected chi connectivity index (χ3v) is 5.85. The third kappa shape index (κ3) is 3.59. The molecule has 0 radical (unpaired) electrons. The topological polar surface area (TPSA) is 78.1 Å². The number of hydrogen-bond donors (Lipinski definition) is 0. The summed E-state index contributed by atoms with van der Waals surface area (Å²) in [5, 5.41) is 0.686. The summed E-state index contributed by atoms with van der Waals surface area (Å²) in [6.07, 6.45) is 5.46. The number of morpholine rings is 1. The first-order chi connectivity index (χ1) is 15.1. The van der Waals surface area contributed by atoms with Gasteiger partial charge in [-0.3, -0.25) is 19.1 Å². The van der Waals surface area contributed by atoms with Crippen molar-refractivity contribution < 1.29 is 4.74 Å². The Bertz CT molecular complexity index is 1290. The van der Waals surface area contributed by atoms with Crippen molar-refractivity contribution in [1.29, 1.82) is 0 Å². The molecular weight excluding hydrogens is 392 g/mol. The van der Waals surface area contributed by atoms with Crippen LogP contribution in [-0.4, -0.2) is 50.6 Å². The largest absolute Gasteiger partial charge is 0.378 e. The van der Waals surface area contributed by atoms with Crippen molar-refractivity contribution in [3.63, 3.8) is 0 Å². The number of rotatable bonds is 4. The van der Waals surface area contributed by atoms with E-state index in [1.807, 2.05) is 54.3 Å². The van der Waals surface area contributed by atoms with Crippen molar-refractivity contribution in [3.8, 4) is 11.1 Å². The molecular formula is C23H24N6O2. The first-order valence-electron chi connectivity index (χ1n) is 10.4. The molecule has 0 aliphatic carbocycles. The molecule has 31 heavy (non-hydrogen) atoms. The third-order valence-electron chi connectivity index (χ3n) is 5.85. The van der Waals surface area contributed by atoms with E-state index in [2.05, 4.69) is 19.9 Å². The fourth-order valence-electron chi connectivity index (χ4n) is 3.97. The van der Waals surface area contributed by atoms with Gasteiger partial charge in [-0.1, -0.05) is 12.1 Å². The molecule has 0 unspecified atom stereocenters. The van der Waals surface area contributed by atoms with Crippen LogP contribution in [0.2, 0.25) is 0 Å². The molecule has 0 atom stereocenters. The summed E-state index contributed by atoms with van der Waals surface area (Å²) in [6.45, 7) is 5.55. The van der Waals surface area contributed by atoms with E-state index in [0.29, 0.717) is 25.1 Å². The second-order valence-electron chi connectivity index (χ2n) is 7.76. The summed E-state index contributed by atoms with van der Waals surface area (Å²) < 4.78 is 9.02. The number of benzene rings is 1. The fraction of sp³-hybridized carbons (Fsp3) is 0.304. The predicted molar refractivity (Wildman–Crippen MR) is 119 cm³/mol. The van der Waals surface area contributed by atoms with Crippen LogP contribution in [0.5, 0.6) is 0 Å². The van der Waals surface area contributed by atoms with Crippen molar-refractivity contribution in [1.82, 2.24) is 24.3 Å². The van der Waals surface area contributed by atoms with Gasteiger partial charge in [0.05, 0.1) is 36.4 Å². The van der Waals surface area contributed by atoms with Crippen LogP contribution in [0, 0.1) is 6.92 Å². The number of aromatic nitrogens is 5. The maximum atomic E-state index is 12.8. The van der Waals surface area contributed by atoms with E-state index in [-0.39, 0.29) is 5.56 Å². The number of aryl methyl sites for hydroxylation is 1. The van der Waals surface area contributed by atoms with Gasteiger partial charge in [-0.2, -0.15) is 0 Å². The van der Waals surface area contributed by atoms with Crippen molar-refractivity contribution in [3.05, 3.63) is 70.5 Å². The quantitative estimate of drug-likeness (QED) is 0.508. The van der Waals surface area contributed by atoms with Crippen LogP contribution < -0.4 is 10.5 Å². The summed E-state index contributed by atoms with van der Waals surface area (Å²) in [6, 6.07) is 9.81. The van der Waals surface area contributed by atoms with Gasteiger partial charge in [0.1, 0.15) is 0 Å². The molecule has 158 valence electrons. The van der Waals surface area contributed by atoms with Crippen molar-refractivity contribution in [2.24, 2.45) is 7.05 Å². The van der Waals surface area contributed by atoms with Crippen molar-refractivity contribution >= 4 is 16.9 Å². The van der Waals surface area contributed by atoms with Crippen LogP contribution in [0.25, 0.3) is 22.0 Å². The van der Waals surface area contributed by atoms with Crippen LogP contribution in [-0.2, 0) is 18.3 Å². The minimum absolute atomic E-state index is 0.0194. The van der Waals surface area contributed by atoms with Crippen LogP contribution >= 0.6 is 0 Å². The van der Waals surface area contributed by atoms with Crippen molar-refractivity contribution in [2.75, 3.05) is 31.2 Å². The normalized spacial score (nSPS) is 14.3. The SMILES string of the molecule is Cc1cccnc1Cn1c2cc(-c3cnc(N4CCOCC4)nc3)ccc2c(=O)n1C. The highest BCUT2D eigenvalue weighted by Gasteiger charge is 2.16. The molecule has 5 rings (SSSR count). The zero-order valence-electron chi connectivity index (χ0n) is 17.7. The van der Waals surface area contributed by atoms with Gasteiger partial charge >= 0.3 is 0 Å². The van der Waals surface area contributed by atoms with E-state index in [0.717, 1.165) is 46.9 Å². The summed E-state index contributed by atoms with van der Waals surface area (Å²) in [5.74, 6) is 0.718. The molecule has 1 aliphatic rings. The summed E-state index contributed by atoms with van der Waals surface area (Å²) in [4.78, 5) is 28.5. The molecule has 8 heteroatoms. The average Bonchev–Trinajstić information content (AvgIpc) is 3.05. The Hall–Kier alpha value is -3.52. The molecule has 1 fully saturated rings. The molecule has 0 amide bonds. The molecule has 1 saturated heterocycles. The van der Waals surface area contributed by atoms with Gasteiger partial charge in [0.2, 0.25) is 5.95 Å². The Morgan fingerprint density at radius 2 is 1.81 bits per heavy atom. The lowest BCUT2D eigenvalue weighted by molar-refractivity contribution is 0.122. The van der Waals surface area contributed by atoms with Crippen LogP contribution in [0.3, 0.4) is 0 Å². The zero-order valence-corrected chi connectivity index (χ0v) is 17.7. The Kier molecular flexibility index (Phi) is 4.99. The Morgan fingerprint density at radius 1 is 1.03 bits per heavy atom. The lowest BCUT2D eigenvalue weighted by atomic mass is 10.1. The van der Waals surface area contributed by atoms with E-state index < -0.39 is 0 Å². The van der Waals surface area contributed by atoms with Gasteiger partial charge in [0.15, 0.2) is 0 Å². The van der Waals surface area contributed by atoms with Gasteiger partial charge in [-0.05, 0) is 36.2 Å². The number of ether oxygens (including phenoxy) is 1. The molecule has 4 aromatic rings. The maximum Gasteiger partial charge on any atom is 0.274 e. The molecule has 1 aromatic carbocycles. The number of hydrogen-bond acceptors (Lipinski definition) is 6. The summed E-state index contributed by atoms with van der Waals surface area (Å²) in [7, 11) is 1.79. The van der Waals surface area contributed by atoms with E-state index in [9.17, 15) is 4.79 Å². The number of fused-ring (bicyclic) bond motifs is 1. The Labute approximate surface area is 179 Å². The highest BCUT2D eigenvalue weighted by molar-refractivity contribution is 5.84. The average molecular weight is 416 g/mol. The lowest BCUT2D eigenvalue weighted by Gasteiger charge is -2.26. The number of nitrogens with zero attached hydrogens (tertiary/aromatic N) is 6. The molecule has 1 aliphatic heterocycles. The molecule has 0 saturated carbocycles. The van der Waals surface area contributed by atoms with Gasteiger partial charge < -0.3 is 9.64 Å². The highest BCUT2D eigenvalue weighted by atomic mass is 16.5. The molecule has 0 spiro atoms. The standard InChI is InChI=1S/C23H24N6O2/c1-16-4-3-7-24-20(16)15-29-21-12-17(5-6-19(21)22(30)27(29)2)18-13-25-23(26-14-18)28-8-10-31-11-9-28/h3-7,12-14H,8-11,15H2,1-2H3. The second kappa shape index (κ2) is 7.96. The molecule has 4 heterocycles. The Morgan fingerprint density at radius 3 is 2.55 bits per heavy atom. The van der Waals surface area contributed by atoms with Gasteiger partial charge in [-0.25, -0.2) is 9.97 Å². The lowest BCUT2D eigenvalue weighted by Crippen LogP contribution is -2.37. The van der Waals surface area contributed by atoms with Gasteiger partial charge in [0, 0.05) is 44.3 Å². The van der Waals surface area contributed by atoms with Crippen molar-refractivity contribution in [2.45, 2.75) is 13.5 Å². The molecule has 3 aromatic heterocycles. The second-order valence-corrected chi connectivity index (χ2v) is 7.76. The van der Waals surface area contributed by atoms with E-state index in [1.165, 1.54) is 0 Å². The van der Waals surface area contributed by atoms with E-state index >= 15 is 0 Å². The maximum absolute atomic E-state index is 12.8. The summed E-state index contributed by atoms with van der Waals surface area (Å²) >= 11 is 0. The minimum atomic E-state index is -0.0194. The van der Waals surface area contributed by atoms with Crippen LogP contribution in [0.15, 0.2) is 53.7 Å².